The molecule has 0 aliphatic carbocycles. The zero-order chi connectivity index (χ0) is 13.6. The summed E-state index contributed by atoms with van der Waals surface area (Å²) in [5.41, 5.74) is 0. The monoisotopic (exact) mass is 262 g/mol. The highest BCUT2D eigenvalue weighted by molar-refractivity contribution is 4.91. The van der Waals surface area contributed by atoms with Crippen LogP contribution in [0.1, 0.15) is 27.7 Å². The average Bonchev–Trinajstić information content (AvgIpc) is 2.77. The van der Waals surface area contributed by atoms with Crippen LogP contribution in [0.15, 0.2) is 0 Å². The lowest BCUT2D eigenvalue weighted by atomic mass is 10.0. The Morgan fingerprint density at radius 3 is 2.28 bits per heavy atom. The lowest BCUT2D eigenvalue weighted by molar-refractivity contribution is -0.178. The first-order valence-electron chi connectivity index (χ1n) is 6.20. The minimum Gasteiger partial charge on any atom is -0.394 e. The summed E-state index contributed by atoms with van der Waals surface area (Å²) in [6.45, 7) is 7.17. The Morgan fingerprint density at radius 2 is 1.78 bits per heavy atom. The standard InChI is InChI=1S/C12H22O6/c1-11(2)15-6-8(17-11)9(14)10-7(5-13)16-12(3,4)18-10/h7-10,13-14H,5-6H2,1-4H3/t7?,8?,9-,10?/m0/s1. The summed E-state index contributed by atoms with van der Waals surface area (Å²) in [5.74, 6) is -1.51. The van der Waals surface area contributed by atoms with Crippen LogP contribution < -0.4 is 0 Å². The molecule has 0 aromatic rings. The first kappa shape index (κ1) is 14.2. The van der Waals surface area contributed by atoms with Crippen LogP contribution in [-0.4, -0.2) is 59.4 Å². The smallest absolute Gasteiger partial charge is 0.164 e. The van der Waals surface area contributed by atoms with Crippen molar-refractivity contribution in [1.29, 1.82) is 0 Å². The van der Waals surface area contributed by atoms with Gasteiger partial charge >= 0.3 is 0 Å². The van der Waals surface area contributed by atoms with Crippen LogP contribution in [0.3, 0.4) is 0 Å². The summed E-state index contributed by atoms with van der Waals surface area (Å²) < 4.78 is 22.1. The first-order valence-corrected chi connectivity index (χ1v) is 6.20. The molecule has 3 unspecified atom stereocenters. The molecule has 2 aliphatic heterocycles. The molecule has 18 heavy (non-hydrogen) atoms. The van der Waals surface area contributed by atoms with Crippen molar-refractivity contribution in [1.82, 2.24) is 0 Å². The molecule has 2 N–H and O–H groups in total. The van der Waals surface area contributed by atoms with E-state index in [-0.39, 0.29) is 6.61 Å². The molecule has 106 valence electrons. The SMILES string of the molecule is CC1(C)OCC([C@H](O)C2OC(C)(C)OC2CO)O1. The number of hydrogen-bond donors (Lipinski definition) is 2. The lowest BCUT2D eigenvalue weighted by Gasteiger charge is -2.26. The van der Waals surface area contributed by atoms with Crippen molar-refractivity contribution in [3.63, 3.8) is 0 Å². The van der Waals surface area contributed by atoms with Gasteiger partial charge in [-0.3, -0.25) is 0 Å². The van der Waals surface area contributed by atoms with Gasteiger partial charge < -0.3 is 29.2 Å². The van der Waals surface area contributed by atoms with Crippen molar-refractivity contribution in [3.8, 4) is 0 Å². The normalized spacial score (nSPS) is 40.0. The molecule has 0 radical (unpaired) electrons. The van der Waals surface area contributed by atoms with Crippen LogP contribution in [-0.2, 0) is 18.9 Å². The predicted octanol–water partition coefficient (Wildman–Crippen LogP) is 0.0112. The van der Waals surface area contributed by atoms with Crippen molar-refractivity contribution in [2.45, 2.75) is 63.7 Å². The van der Waals surface area contributed by atoms with Crippen LogP contribution in [0, 0.1) is 0 Å². The third kappa shape index (κ3) is 2.84. The van der Waals surface area contributed by atoms with Crippen molar-refractivity contribution in [3.05, 3.63) is 0 Å². The Morgan fingerprint density at radius 1 is 1.11 bits per heavy atom. The fraction of sp³-hybridized carbons (Fsp3) is 1.00. The quantitative estimate of drug-likeness (QED) is 0.746. The zero-order valence-corrected chi connectivity index (χ0v) is 11.3. The van der Waals surface area contributed by atoms with E-state index < -0.39 is 36.0 Å². The van der Waals surface area contributed by atoms with E-state index in [0.717, 1.165) is 0 Å². The molecule has 2 rings (SSSR count). The highest BCUT2D eigenvalue weighted by Gasteiger charge is 2.49. The number of rotatable bonds is 3. The van der Waals surface area contributed by atoms with Crippen LogP contribution >= 0.6 is 0 Å². The summed E-state index contributed by atoms with van der Waals surface area (Å²) in [4.78, 5) is 0. The molecule has 0 saturated carbocycles. The van der Waals surface area contributed by atoms with Gasteiger partial charge in [-0.15, -0.1) is 0 Å². The maximum Gasteiger partial charge on any atom is 0.164 e. The topological polar surface area (TPSA) is 77.4 Å². The van der Waals surface area contributed by atoms with Crippen molar-refractivity contribution < 1.29 is 29.2 Å². The average molecular weight is 262 g/mol. The number of aliphatic hydroxyl groups is 2. The second-order valence-electron chi connectivity index (χ2n) is 5.68. The molecular formula is C12H22O6. The van der Waals surface area contributed by atoms with E-state index in [1.54, 1.807) is 27.7 Å². The molecule has 2 aliphatic rings. The Kier molecular flexibility index (Phi) is 3.70. The third-order valence-electron chi connectivity index (χ3n) is 3.15. The van der Waals surface area contributed by atoms with E-state index in [1.807, 2.05) is 0 Å². The van der Waals surface area contributed by atoms with E-state index in [2.05, 4.69) is 0 Å². The van der Waals surface area contributed by atoms with Crippen LogP contribution in [0.2, 0.25) is 0 Å². The van der Waals surface area contributed by atoms with Gasteiger partial charge in [0, 0.05) is 0 Å². The van der Waals surface area contributed by atoms with Gasteiger partial charge in [0.2, 0.25) is 0 Å². The molecule has 0 amide bonds. The zero-order valence-electron chi connectivity index (χ0n) is 11.3. The van der Waals surface area contributed by atoms with E-state index >= 15 is 0 Å². The van der Waals surface area contributed by atoms with Crippen LogP contribution in [0.5, 0.6) is 0 Å². The van der Waals surface area contributed by atoms with E-state index in [0.29, 0.717) is 6.61 Å². The van der Waals surface area contributed by atoms with Gasteiger partial charge in [-0.25, -0.2) is 0 Å². The second-order valence-corrected chi connectivity index (χ2v) is 5.68. The summed E-state index contributed by atoms with van der Waals surface area (Å²) in [5, 5.41) is 19.6. The number of hydrogen-bond acceptors (Lipinski definition) is 6. The maximum atomic E-state index is 10.3. The largest absolute Gasteiger partial charge is 0.394 e. The van der Waals surface area contributed by atoms with E-state index in [4.69, 9.17) is 18.9 Å². The third-order valence-corrected chi connectivity index (χ3v) is 3.15. The Balaban J connectivity index is 2.02. The van der Waals surface area contributed by atoms with Gasteiger partial charge in [-0.1, -0.05) is 0 Å². The molecule has 2 heterocycles. The minimum atomic E-state index is -0.898. The van der Waals surface area contributed by atoms with Gasteiger partial charge in [-0.05, 0) is 27.7 Å². The van der Waals surface area contributed by atoms with Gasteiger partial charge in [0.15, 0.2) is 11.6 Å². The molecule has 0 spiro atoms. The first-order chi connectivity index (χ1) is 8.24. The van der Waals surface area contributed by atoms with Crippen molar-refractivity contribution >= 4 is 0 Å². The Hall–Kier alpha value is -0.240. The number of aliphatic hydroxyl groups excluding tert-OH is 2. The lowest BCUT2D eigenvalue weighted by Crippen LogP contribution is -2.45. The van der Waals surface area contributed by atoms with Crippen molar-refractivity contribution in [2.24, 2.45) is 0 Å². The summed E-state index contributed by atoms with van der Waals surface area (Å²) in [6.07, 6.45) is -2.54. The molecule has 6 nitrogen and oxygen atoms in total. The highest BCUT2D eigenvalue weighted by atomic mass is 16.8. The molecule has 4 atom stereocenters. The summed E-state index contributed by atoms with van der Waals surface area (Å²) >= 11 is 0. The molecule has 0 aromatic heterocycles. The Labute approximate surface area is 107 Å². The summed E-state index contributed by atoms with van der Waals surface area (Å²) in [7, 11) is 0. The molecule has 2 saturated heterocycles. The fourth-order valence-corrected chi connectivity index (χ4v) is 2.39. The maximum absolute atomic E-state index is 10.3. The Bertz CT molecular complexity index is 303. The van der Waals surface area contributed by atoms with Gasteiger partial charge in [-0.2, -0.15) is 0 Å². The predicted molar refractivity (Wildman–Crippen MR) is 61.8 cm³/mol. The van der Waals surface area contributed by atoms with Crippen LogP contribution in [0.4, 0.5) is 0 Å². The van der Waals surface area contributed by atoms with E-state index in [9.17, 15) is 10.2 Å². The van der Waals surface area contributed by atoms with Gasteiger partial charge in [0.1, 0.15) is 24.4 Å². The van der Waals surface area contributed by atoms with Gasteiger partial charge in [0.25, 0.3) is 0 Å². The van der Waals surface area contributed by atoms with E-state index in [1.165, 1.54) is 0 Å². The highest BCUT2D eigenvalue weighted by Crippen LogP contribution is 2.33. The second kappa shape index (κ2) is 4.70. The molecule has 0 aromatic carbocycles. The molecule has 6 heteroatoms. The van der Waals surface area contributed by atoms with Gasteiger partial charge in [0.05, 0.1) is 13.2 Å². The molecular weight excluding hydrogens is 240 g/mol. The fourth-order valence-electron chi connectivity index (χ4n) is 2.39. The molecule has 2 fully saturated rings. The number of ether oxygens (including phenoxy) is 4. The van der Waals surface area contributed by atoms with Crippen LogP contribution in [0.25, 0.3) is 0 Å². The molecule has 0 bridgehead atoms. The van der Waals surface area contributed by atoms with Crippen molar-refractivity contribution in [2.75, 3.05) is 13.2 Å². The minimum absolute atomic E-state index is 0.206. The summed E-state index contributed by atoms with van der Waals surface area (Å²) in [6, 6.07) is 0.